The lowest BCUT2D eigenvalue weighted by atomic mass is 10.0. The highest BCUT2D eigenvalue weighted by atomic mass is 35.5. The first kappa shape index (κ1) is 18.9. The smallest absolute Gasteiger partial charge is 0.341 e. The molecular formula is C19H19ClFNO3. The molecule has 0 spiro atoms. The summed E-state index contributed by atoms with van der Waals surface area (Å²) in [7, 11) is 0. The minimum Gasteiger partial charge on any atom is -0.449 e. The van der Waals surface area contributed by atoms with Crippen molar-refractivity contribution < 1.29 is 18.7 Å². The predicted octanol–water partition coefficient (Wildman–Crippen LogP) is 3.94. The summed E-state index contributed by atoms with van der Waals surface area (Å²) in [6, 6.07) is 13.3. The molecule has 132 valence electrons. The number of benzene rings is 2. The van der Waals surface area contributed by atoms with Crippen LogP contribution in [0.4, 0.5) is 4.39 Å². The van der Waals surface area contributed by atoms with Gasteiger partial charge in [-0.1, -0.05) is 48.9 Å². The summed E-state index contributed by atoms with van der Waals surface area (Å²) in [5.74, 6) is -2.02. The van der Waals surface area contributed by atoms with Gasteiger partial charge in [0.1, 0.15) is 5.82 Å². The van der Waals surface area contributed by atoms with E-state index < -0.39 is 23.8 Å². The highest BCUT2D eigenvalue weighted by Crippen LogP contribution is 2.17. The molecule has 0 bridgehead atoms. The van der Waals surface area contributed by atoms with Crippen LogP contribution in [0.3, 0.4) is 0 Å². The Morgan fingerprint density at radius 1 is 1.16 bits per heavy atom. The molecular weight excluding hydrogens is 345 g/mol. The van der Waals surface area contributed by atoms with E-state index in [0.717, 1.165) is 11.6 Å². The van der Waals surface area contributed by atoms with E-state index in [0.29, 0.717) is 6.54 Å². The third-order valence-corrected chi connectivity index (χ3v) is 3.99. The molecule has 0 fully saturated rings. The first-order valence-electron chi connectivity index (χ1n) is 7.87. The van der Waals surface area contributed by atoms with E-state index in [1.165, 1.54) is 19.1 Å². The van der Waals surface area contributed by atoms with Crippen LogP contribution in [0, 0.1) is 5.82 Å². The number of rotatable bonds is 6. The molecule has 2 aromatic carbocycles. The van der Waals surface area contributed by atoms with Crippen LogP contribution >= 0.6 is 11.6 Å². The van der Waals surface area contributed by atoms with Crippen LogP contribution in [0.1, 0.15) is 35.7 Å². The second-order valence-electron chi connectivity index (χ2n) is 5.73. The van der Waals surface area contributed by atoms with Gasteiger partial charge in [-0.15, -0.1) is 0 Å². The van der Waals surface area contributed by atoms with E-state index in [1.54, 1.807) is 0 Å². The Morgan fingerprint density at radius 2 is 1.84 bits per heavy atom. The molecule has 2 rings (SSSR count). The monoisotopic (exact) mass is 363 g/mol. The molecule has 4 nitrogen and oxygen atoms in total. The van der Waals surface area contributed by atoms with E-state index in [1.807, 2.05) is 37.3 Å². The number of hydrogen-bond donors (Lipinski definition) is 1. The molecule has 0 radical (unpaired) electrons. The lowest BCUT2D eigenvalue weighted by molar-refractivity contribution is -0.129. The number of hydrogen-bond acceptors (Lipinski definition) is 3. The van der Waals surface area contributed by atoms with Gasteiger partial charge in [-0.2, -0.15) is 0 Å². The molecule has 0 saturated carbocycles. The van der Waals surface area contributed by atoms with Crippen LogP contribution in [0.15, 0.2) is 48.5 Å². The Balaban J connectivity index is 1.89. The van der Waals surface area contributed by atoms with Gasteiger partial charge in [0.2, 0.25) is 0 Å². The van der Waals surface area contributed by atoms with E-state index in [4.69, 9.17) is 16.3 Å². The lowest BCUT2D eigenvalue weighted by Crippen LogP contribution is -2.37. The van der Waals surface area contributed by atoms with Crippen molar-refractivity contribution in [3.8, 4) is 0 Å². The summed E-state index contributed by atoms with van der Waals surface area (Å²) in [6.45, 7) is 3.81. The number of amides is 1. The molecule has 0 aliphatic rings. The molecule has 0 heterocycles. The molecule has 1 N–H and O–H groups in total. The van der Waals surface area contributed by atoms with Gasteiger partial charge in [-0.3, -0.25) is 4.79 Å². The van der Waals surface area contributed by atoms with Gasteiger partial charge in [-0.25, -0.2) is 9.18 Å². The van der Waals surface area contributed by atoms with E-state index >= 15 is 0 Å². The number of ether oxygens (including phenoxy) is 1. The maximum absolute atomic E-state index is 13.7. The van der Waals surface area contributed by atoms with Crippen LogP contribution in [0.5, 0.6) is 0 Å². The van der Waals surface area contributed by atoms with E-state index in [9.17, 15) is 14.0 Å². The molecule has 2 atom stereocenters. The van der Waals surface area contributed by atoms with Gasteiger partial charge in [0.15, 0.2) is 6.10 Å². The highest BCUT2D eigenvalue weighted by Gasteiger charge is 2.21. The standard InChI is InChI=1S/C19H19ClFNO3/c1-12(14-6-4-3-5-7-14)11-22-18(23)13(2)25-19(24)16-10-15(20)8-9-17(16)21/h3-10,12-13H,11H2,1-2H3,(H,22,23)/t12-,13+/m0/s1. The second kappa shape index (κ2) is 8.62. The zero-order valence-corrected chi connectivity index (χ0v) is 14.7. The minimum atomic E-state index is -1.05. The normalized spacial score (nSPS) is 13.0. The lowest BCUT2D eigenvalue weighted by Gasteiger charge is -2.17. The van der Waals surface area contributed by atoms with Gasteiger partial charge in [0, 0.05) is 11.6 Å². The Bertz CT molecular complexity index is 752. The molecule has 1 amide bonds. The van der Waals surface area contributed by atoms with Crippen LogP contribution in [0.2, 0.25) is 5.02 Å². The van der Waals surface area contributed by atoms with Crippen LogP contribution in [-0.4, -0.2) is 24.5 Å². The summed E-state index contributed by atoms with van der Waals surface area (Å²) in [5, 5.41) is 2.94. The SMILES string of the molecule is C[C@@H](OC(=O)c1cc(Cl)ccc1F)C(=O)NC[C@H](C)c1ccccc1. The third-order valence-electron chi connectivity index (χ3n) is 3.75. The Labute approximate surface area is 150 Å². The Hall–Kier alpha value is -2.40. The summed E-state index contributed by atoms with van der Waals surface area (Å²) >= 11 is 5.75. The number of halogens is 2. The van der Waals surface area contributed by atoms with Gasteiger partial charge < -0.3 is 10.1 Å². The third kappa shape index (κ3) is 5.29. The first-order valence-corrected chi connectivity index (χ1v) is 8.25. The molecule has 0 aliphatic carbocycles. The number of nitrogens with one attached hydrogen (secondary N) is 1. The molecule has 0 aliphatic heterocycles. The van der Waals surface area contributed by atoms with Crippen LogP contribution < -0.4 is 5.32 Å². The topological polar surface area (TPSA) is 55.4 Å². The molecule has 0 saturated heterocycles. The molecule has 25 heavy (non-hydrogen) atoms. The van der Waals surface area contributed by atoms with Gasteiger partial charge in [-0.05, 0) is 36.6 Å². The van der Waals surface area contributed by atoms with E-state index in [2.05, 4.69) is 5.32 Å². The van der Waals surface area contributed by atoms with Crippen LogP contribution in [-0.2, 0) is 9.53 Å². The number of carbonyl (C=O) groups is 2. The van der Waals surface area contributed by atoms with Crippen molar-refractivity contribution in [2.45, 2.75) is 25.9 Å². The average Bonchev–Trinajstić information content (AvgIpc) is 2.61. The fourth-order valence-electron chi connectivity index (χ4n) is 2.23. The van der Waals surface area contributed by atoms with Crippen molar-refractivity contribution in [1.29, 1.82) is 0 Å². The molecule has 0 aromatic heterocycles. The van der Waals surface area contributed by atoms with Gasteiger partial charge >= 0.3 is 5.97 Å². The zero-order chi connectivity index (χ0) is 18.4. The minimum absolute atomic E-state index is 0.110. The Morgan fingerprint density at radius 3 is 2.52 bits per heavy atom. The fourth-order valence-corrected chi connectivity index (χ4v) is 2.40. The van der Waals surface area contributed by atoms with E-state index in [-0.39, 0.29) is 16.5 Å². The van der Waals surface area contributed by atoms with Crippen molar-refractivity contribution >= 4 is 23.5 Å². The summed E-state index contributed by atoms with van der Waals surface area (Å²) in [5.41, 5.74) is 0.790. The second-order valence-corrected chi connectivity index (χ2v) is 6.17. The first-order chi connectivity index (χ1) is 11.9. The van der Waals surface area contributed by atoms with Crippen molar-refractivity contribution in [2.24, 2.45) is 0 Å². The molecule has 2 aromatic rings. The average molecular weight is 364 g/mol. The molecule has 0 unspecified atom stereocenters. The fraction of sp³-hybridized carbons (Fsp3) is 0.263. The maximum Gasteiger partial charge on any atom is 0.341 e. The van der Waals surface area contributed by atoms with Crippen molar-refractivity contribution in [3.05, 3.63) is 70.5 Å². The number of esters is 1. The molecule has 6 heteroatoms. The largest absolute Gasteiger partial charge is 0.449 e. The van der Waals surface area contributed by atoms with Gasteiger partial charge in [0.05, 0.1) is 5.56 Å². The van der Waals surface area contributed by atoms with Gasteiger partial charge in [0.25, 0.3) is 5.91 Å². The predicted molar refractivity (Wildman–Crippen MR) is 94.2 cm³/mol. The van der Waals surface area contributed by atoms with Crippen molar-refractivity contribution in [2.75, 3.05) is 6.54 Å². The summed E-state index contributed by atoms with van der Waals surface area (Å²) in [6.07, 6.45) is -1.05. The summed E-state index contributed by atoms with van der Waals surface area (Å²) < 4.78 is 18.7. The van der Waals surface area contributed by atoms with Crippen molar-refractivity contribution in [3.63, 3.8) is 0 Å². The highest BCUT2D eigenvalue weighted by molar-refractivity contribution is 6.30. The Kier molecular flexibility index (Phi) is 6.53. The quantitative estimate of drug-likeness (QED) is 0.791. The zero-order valence-electron chi connectivity index (χ0n) is 14.0. The maximum atomic E-state index is 13.7. The number of carbonyl (C=O) groups excluding carboxylic acids is 2. The van der Waals surface area contributed by atoms with Crippen molar-refractivity contribution in [1.82, 2.24) is 5.32 Å². The summed E-state index contributed by atoms with van der Waals surface area (Å²) in [4.78, 5) is 24.1. The van der Waals surface area contributed by atoms with Crippen LogP contribution in [0.25, 0.3) is 0 Å².